The van der Waals surface area contributed by atoms with E-state index in [1.165, 1.54) is 16.3 Å². The number of aryl methyl sites for hydroxylation is 1. The van der Waals surface area contributed by atoms with Crippen molar-refractivity contribution in [2.45, 2.75) is 57.8 Å². The maximum Gasteiger partial charge on any atom is 0.272 e. The Bertz CT molecular complexity index is 1200. The number of hydrogen-bond acceptors (Lipinski definition) is 5. The number of rotatable bonds is 4. The fourth-order valence-corrected chi connectivity index (χ4v) is 5.77. The zero-order valence-electron chi connectivity index (χ0n) is 21.3. The normalized spacial score (nSPS) is 21.1. The molecule has 0 spiro atoms. The van der Waals surface area contributed by atoms with Gasteiger partial charge in [-0.25, -0.2) is 9.97 Å². The maximum absolute atomic E-state index is 13.6. The standard InChI is InChI=1S/C29H37N5O/c1-21-31-26(19-27(32-21)29(2)11-16-33(3)17-12-29)28(35)34-14-5-6-22(10-15-34)18-23-7-4-8-24-20-30-13-9-25(23)24/h4,7-9,13,19-20,22H,5-6,10-12,14-18H2,1-3H3/t22-/m1/s1. The van der Waals surface area contributed by atoms with E-state index in [1.54, 1.807) is 0 Å². The van der Waals surface area contributed by atoms with Crippen LogP contribution in [-0.4, -0.2) is 63.9 Å². The molecule has 1 amide bonds. The minimum absolute atomic E-state index is 0.00704. The van der Waals surface area contributed by atoms with E-state index in [2.05, 4.69) is 53.1 Å². The lowest BCUT2D eigenvalue weighted by atomic mass is 9.77. The highest BCUT2D eigenvalue weighted by molar-refractivity contribution is 5.92. The maximum atomic E-state index is 13.6. The van der Waals surface area contributed by atoms with Gasteiger partial charge in [-0.2, -0.15) is 0 Å². The third kappa shape index (κ3) is 5.22. The van der Waals surface area contributed by atoms with Gasteiger partial charge < -0.3 is 9.80 Å². The first-order valence-corrected chi connectivity index (χ1v) is 13.1. The smallest absolute Gasteiger partial charge is 0.272 e. The van der Waals surface area contributed by atoms with Crippen LogP contribution in [0, 0.1) is 12.8 Å². The van der Waals surface area contributed by atoms with Crippen LogP contribution in [0.4, 0.5) is 0 Å². The van der Waals surface area contributed by atoms with Gasteiger partial charge in [-0.05, 0) is 94.6 Å². The number of amides is 1. The summed E-state index contributed by atoms with van der Waals surface area (Å²) >= 11 is 0. The summed E-state index contributed by atoms with van der Waals surface area (Å²) in [5.74, 6) is 1.33. The van der Waals surface area contributed by atoms with Crippen LogP contribution in [0.5, 0.6) is 0 Å². The zero-order chi connectivity index (χ0) is 24.4. The summed E-state index contributed by atoms with van der Waals surface area (Å²) in [6.45, 7) is 7.91. The molecular weight excluding hydrogens is 434 g/mol. The molecule has 0 bridgehead atoms. The lowest BCUT2D eigenvalue weighted by molar-refractivity contribution is 0.0753. The second-order valence-corrected chi connectivity index (χ2v) is 10.9. The van der Waals surface area contributed by atoms with Crippen molar-refractivity contribution in [3.8, 4) is 0 Å². The number of carbonyl (C=O) groups excluding carboxylic acids is 1. The molecule has 1 atom stereocenters. The number of carbonyl (C=O) groups is 1. The van der Waals surface area contributed by atoms with Gasteiger partial charge >= 0.3 is 0 Å². The minimum atomic E-state index is 0.00704. The number of likely N-dealkylation sites (tertiary alicyclic amines) is 2. The van der Waals surface area contributed by atoms with Crippen LogP contribution in [0.1, 0.15) is 66.6 Å². The average molecular weight is 472 g/mol. The van der Waals surface area contributed by atoms with E-state index < -0.39 is 0 Å². The molecule has 35 heavy (non-hydrogen) atoms. The van der Waals surface area contributed by atoms with Crippen molar-refractivity contribution >= 4 is 16.7 Å². The third-order valence-corrected chi connectivity index (χ3v) is 8.18. The number of fused-ring (bicyclic) bond motifs is 1. The lowest BCUT2D eigenvalue weighted by Crippen LogP contribution is -2.40. The minimum Gasteiger partial charge on any atom is -0.337 e. The SMILES string of the molecule is Cc1nc(C(=O)N2CCC[C@@H](Cc3cccc4cnccc34)CC2)cc(C2(C)CCN(C)CC2)n1. The van der Waals surface area contributed by atoms with E-state index in [0.29, 0.717) is 17.4 Å². The first-order chi connectivity index (χ1) is 16.9. The van der Waals surface area contributed by atoms with Gasteiger partial charge in [0, 0.05) is 36.3 Å². The van der Waals surface area contributed by atoms with E-state index in [1.807, 2.05) is 30.3 Å². The van der Waals surface area contributed by atoms with E-state index in [-0.39, 0.29) is 11.3 Å². The number of hydrogen-bond donors (Lipinski definition) is 0. The molecule has 4 heterocycles. The average Bonchev–Trinajstić information content (AvgIpc) is 3.11. The Morgan fingerprint density at radius 2 is 1.91 bits per heavy atom. The molecule has 2 aliphatic heterocycles. The van der Waals surface area contributed by atoms with E-state index in [4.69, 9.17) is 4.98 Å². The first kappa shape index (κ1) is 23.9. The Labute approximate surface area is 208 Å². The molecule has 1 aromatic carbocycles. The van der Waals surface area contributed by atoms with Crippen LogP contribution >= 0.6 is 0 Å². The molecule has 2 saturated heterocycles. The molecule has 2 aromatic heterocycles. The predicted octanol–water partition coefficient (Wildman–Crippen LogP) is 4.80. The molecule has 2 aliphatic rings. The molecule has 5 rings (SSSR count). The van der Waals surface area contributed by atoms with Crippen molar-refractivity contribution < 1.29 is 4.79 Å². The summed E-state index contributed by atoms with van der Waals surface area (Å²) in [6.07, 6.45) is 10.2. The number of benzene rings is 1. The highest BCUT2D eigenvalue weighted by atomic mass is 16.2. The fourth-order valence-electron chi connectivity index (χ4n) is 5.77. The molecule has 2 fully saturated rings. The lowest BCUT2D eigenvalue weighted by Gasteiger charge is -2.37. The second kappa shape index (κ2) is 10.0. The zero-order valence-corrected chi connectivity index (χ0v) is 21.3. The molecule has 3 aromatic rings. The van der Waals surface area contributed by atoms with Gasteiger partial charge in [0.15, 0.2) is 0 Å². The number of aromatic nitrogens is 3. The van der Waals surface area contributed by atoms with Crippen LogP contribution in [0.3, 0.4) is 0 Å². The van der Waals surface area contributed by atoms with Crippen LogP contribution in [0.25, 0.3) is 10.8 Å². The van der Waals surface area contributed by atoms with Gasteiger partial charge in [-0.1, -0.05) is 25.1 Å². The number of piperidine rings is 1. The highest BCUT2D eigenvalue weighted by Gasteiger charge is 2.33. The van der Waals surface area contributed by atoms with Gasteiger partial charge in [-0.3, -0.25) is 9.78 Å². The van der Waals surface area contributed by atoms with Crippen LogP contribution in [0.15, 0.2) is 42.7 Å². The molecule has 6 heteroatoms. The van der Waals surface area contributed by atoms with E-state index in [9.17, 15) is 4.79 Å². The van der Waals surface area contributed by atoms with Crippen molar-refractivity contribution in [2.24, 2.45) is 5.92 Å². The third-order valence-electron chi connectivity index (χ3n) is 8.18. The molecule has 6 nitrogen and oxygen atoms in total. The molecule has 184 valence electrons. The Morgan fingerprint density at radius 1 is 1.09 bits per heavy atom. The largest absolute Gasteiger partial charge is 0.337 e. The topological polar surface area (TPSA) is 62.2 Å². The summed E-state index contributed by atoms with van der Waals surface area (Å²) in [5, 5.41) is 2.50. The van der Waals surface area contributed by atoms with Gasteiger partial charge in [0.1, 0.15) is 11.5 Å². The fraction of sp³-hybridized carbons (Fsp3) is 0.517. The van der Waals surface area contributed by atoms with Gasteiger partial charge in [-0.15, -0.1) is 0 Å². The number of nitrogens with zero attached hydrogens (tertiary/aromatic N) is 5. The van der Waals surface area contributed by atoms with Crippen molar-refractivity contribution in [2.75, 3.05) is 33.2 Å². The Kier molecular flexibility index (Phi) is 6.83. The van der Waals surface area contributed by atoms with E-state index in [0.717, 1.165) is 70.4 Å². The van der Waals surface area contributed by atoms with Crippen molar-refractivity contribution in [3.05, 3.63) is 65.5 Å². The first-order valence-electron chi connectivity index (χ1n) is 13.1. The van der Waals surface area contributed by atoms with Gasteiger partial charge in [0.25, 0.3) is 5.91 Å². The molecule has 0 unspecified atom stereocenters. The van der Waals surface area contributed by atoms with Crippen molar-refractivity contribution in [3.63, 3.8) is 0 Å². The molecular formula is C29H37N5O. The summed E-state index contributed by atoms with van der Waals surface area (Å²) < 4.78 is 0. The predicted molar refractivity (Wildman–Crippen MR) is 140 cm³/mol. The summed E-state index contributed by atoms with van der Waals surface area (Å²) in [5.41, 5.74) is 2.98. The van der Waals surface area contributed by atoms with Gasteiger partial charge in [0.2, 0.25) is 0 Å². The Hall–Kier alpha value is -2.86. The second-order valence-electron chi connectivity index (χ2n) is 10.9. The van der Waals surface area contributed by atoms with Crippen molar-refractivity contribution in [1.82, 2.24) is 24.8 Å². The monoisotopic (exact) mass is 471 g/mol. The molecule has 0 saturated carbocycles. The van der Waals surface area contributed by atoms with Gasteiger partial charge in [0.05, 0.1) is 5.69 Å². The Morgan fingerprint density at radius 3 is 2.74 bits per heavy atom. The molecule has 0 N–H and O–H groups in total. The van der Waals surface area contributed by atoms with Crippen LogP contribution in [0.2, 0.25) is 0 Å². The Balaban J connectivity index is 1.28. The summed E-state index contributed by atoms with van der Waals surface area (Å²) in [7, 11) is 2.17. The van der Waals surface area contributed by atoms with Crippen LogP contribution < -0.4 is 0 Å². The van der Waals surface area contributed by atoms with Crippen molar-refractivity contribution in [1.29, 1.82) is 0 Å². The summed E-state index contributed by atoms with van der Waals surface area (Å²) in [4.78, 5) is 31.6. The summed E-state index contributed by atoms with van der Waals surface area (Å²) in [6, 6.07) is 10.6. The highest BCUT2D eigenvalue weighted by Crippen LogP contribution is 2.34. The quantitative estimate of drug-likeness (QED) is 0.547. The molecule has 0 radical (unpaired) electrons. The van der Waals surface area contributed by atoms with Crippen LogP contribution in [-0.2, 0) is 11.8 Å². The molecule has 0 aliphatic carbocycles. The number of pyridine rings is 1. The van der Waals surface area contributed by atoms with E-state index >= 15 is 0 Å².